The average Bonchev–Trinajstić information content (AvgIpc) is 3.46. The van der Waals surface area contributed by atoms with Crippen LogP contribution < -0.4 is 5.32 Å². The Kier molecular flexibility index (Phi) is 4.69. The largest absolute Gasteiger partial charge is 0.352 e. The normalized spacial score (nSPS) is 23.7. The molecule has 1 N–H and O–H groups in total. The second-order valence-electron chi connectivity index (χ2n) is 8.73. The van der Waals surface area contributed by atoms with Crippen LogP contribution in [0.5, 0.6) is 0 Å². The van der Waals surface area contributed by atoms with Crippen molar-refractivity contribution in [3.8, 4) is 11.1 Å². The lowest BCUT2D eigenvalue weighted by Gasteiger charge is -2.23. The van der Waals surface area contributed by atoms with Gasteiger partial charge in [-0.3, -0.25) is 0 Å². The lowest BCUT2D eigenvalue weighted by molar-refractivity contribution is -0.183. The summed E-state index contributed by atoms with van der Waals surface area (Å²) in [5.74, 6) is -0.325. The zero-order valence-electron chi connectivity index (χ0n) is 18.2. The van der Waals surface area contributed by atoms with E-state index < -0.39 is 5.79 Å². The van der Waals surface area contributed by atoms with Crippen LogP contribution in [0, 0.1) is 5.82 Å². The van der Waals surface area contributed by atoms with Crippen LogP contribution in [0.2, 0.25) is 0 Å². The summed E-state index contributed by atoms with van der Waals surface area (Å²) in [5.41, 5.74) is 3.43. The first-order valence-electron chi connectivity index (χ1n) is 10.9. The standard InChI is InChI=1S/C25H23FN4O3/c1-25(2)32-19-13-31-24(21(19)33-25)30-12-18(15-6-4-3-5-7-15)20-22(27-14-28-23(20)30)29-17-10-8-16(26)9-11-17/h3-12,14,19,21,24H,13H2,1-2H3,(H,27,28,29)/t19-,21-,24-/m1/s1. The Morgan fingerprint density at radius 2 is 1.82 bits per heavy atom. The highest BCUT2D eigenvalue weighted by atomic mass is 19.1. The number of rotatable bonds is 4. The monoisotopic (exact) mass is 446 g/mol. The van der Waals surface area contributed by atoms with Gasteiger partial charge >= 0.3 is 0 Å². The highest BCUT2D eigenvalue weighted by molar-refractivity contribution is 6.02. The van der Waals surface area contributed by atoms with Crippen molar-refractivity contribution in [2.75, 3.05) is 11.9 Å². The van der Waals surface area contributed by atoms with E-state index in [4.69, 9.17) is 14.2 Å². The van der Waals surface area contributed by atoms with E-state index in [1.165, 1.54) is 18.5 Å². The van der Waals surface area contributed by atoms with E-state index in [0.717, 1.165) is 22.2 Å². The van der Waals surface area contributed by atoms with Gasteiger partial charge in [0.25, 0.3) is 0 Å². The number of ether oxygens (including phenoxy) is 3. The van der Waals surface area contributed by atoms with E-state index in [1.54, 1.807) is 12.1 Å². The molecule has 33 heavy (non-hydrogen) atoms. The number of anilines is 2. The second kappa shape index (κ2) is 7.62. The van der Waals surface area contributed by atoms with Gasteiger partial charge in [-0.1, -0.05) is 30.3 Å². The molecule has 2 aliphatic rings. The zero-order chi connectivity index (χ0) is 22.6. The Morgan fingerprint density at radius 3 is 2.61 bits per heavy atom. The number of halogens is 1. The molecule has 0 unspecified atom stereocenters. The fourth-order valence-electron chi connectivity index (χ4n) is 4.64. The van der Waals surface area contributed by atoms with E-state index in [-0.39, 0.29) is 24.3 Å². The molecule has 0 radical (unpaired) electrons. The number of hydrogen-bond donors (Lipinski definition) is 1. The average molecular weight is 446 g/mol. The molecule has 7 nitrogen and oxygen atoms in total. The maximum absolute atomic E-state index is 13.4. The molecular formula is C25H23FN4O3. The second-order valence-corrected chi connectivity index (χ2v) is 8.73. The van der Waals surface area contributed by atoms with Gasteiger partial charge in [0.15, 0.2) is 12.0 Å². The van der Waals surface area contributed by atoms with Crippen LogP contribution in [-0.4, -0.2) is 39.1 Å². The highest BCUT2D eigenvalue weighted by Crippen LogP contribution is 2.43. The maximum atomic E-state index is 13.4. The molecule has 2 saturated heterocycles. The van der Waals surface area contributed by atoms with Crippen molar-refractivity contribution in [1.29, 1.82) is 0 Å². The SMILES string of the molecule is CC1(C)O[C@H]2[C@H](n3cc(-c4ccccc4)c4c(Nc5ccc(F)cc5)ncnc43)OC[C@H]2O1. The third kappa shape index (κ3) is 3.56. The number of aromatic nitrogens is 3. The van der Waals surface area contributed by atoms with Gasteiger partial charge in [-0.15, -0.1) is 0 Å². The van der Waals surface area contributed by atoms with Crippen LogP contribution in [0.15, 0.2) is 67.1 Å². The Bertz CT molecular complexity index is 1310. The third-order valence-corrected chi connectivity index (χ3v) is 6.01. The molecule has 2 fully saturated rings. The van der Waals surface area contributed by atoms with Crippen LogP contribution >= 0.6 is 0 Å². The summed E-state index contributed by atoms with van der Waals surface area (Å²) in [7, 11) is 0. The number of benzene rings is 2. The fourth-order valence-corrected chi connectivity index (χ4v) is 4.64. The van der Waals surface area contributed by atoms with Crippen LogP contribution in [-0.2, 0) is 14.2 Å². The number of hydrogen-bond acceptors (Lipinski definition) is 6. The topological polar surface area (TPSA) is 70.4 Å². The van der Waals surface area contributed by atoms with E-state index >= 15 is 0 Å². The van der Waals surface area contributed by atoms with Gasteiger partial charge in [0.05, 0.1) is 12.0 Å². The molecule has 168 valence electrons. The summed E-state index contributed by atoms with van der Waals surface area (Å²) in [6.45, 7) is 4.28. The van der Waals surface area contributed by atoms with Gasteiger partial charge in [-0.05, 0) is 43.7 Å². The van der Waals surface area contributed by atoms with Gasteiger partial charge in [0.2, 0.25) is 0 Å². The van der Waals surface area contributed by atoms with Crippen molar-refractivity contribution >= 4 is 22.5 Å². The first kappa shape index (κ1) is 20.3. The molecule has 0 bridgehead atoms. The van der Waals surface area contributed by atoms with E-state index in [2.05, 4.69) is 15.3 Å². The summed E-state index contributed by atoms with van der Waals surface area (Å²) in [6, 6.07) is 16.2. The maximum Gasteiger partial charge on any atom is 0.164 e. The molecule has 6 rings (SSSR count). The summed E-state index contributed by atoms with van der Waals surface area (Å²) >= 11 is 0. The van der Waals surface area contributed by atoms with Crippen LogP contribution in [0.4, 0.5) is 15.9 Å². The zero-order valence-corrected chi connectivity index (χ0v) is 18.2. The van der Waals surface area contributed by atoms with Crippen molar-refractivity contribution in [2.24, 2.45) is 0 Å². The van der Waals surface area contributed by atoms with Crippen molar-refractivity contribution in [3.05, 3.63) is 72.9 Å². The lowest BCUT2D eigenvalue weighted by atomic mass is 10.1. The number of nitrogens with zero attached hydrogens (tertiary/aromatic N) is 3. The Morgan fingerprint density at radius 1 is 1.03 bits per heavy atom. The Hall–Kier alpha value is -3.33. The smallest absolute Gasteiger partial charge is 0.164 e. The predicted octanol–water partition coefficient (Wildman–Crippen LogP) is 5.03. The van der Waals surface area contributed by atoms with Gasteiger partial charge in [0, 0.05) is 17.4 Å². The van der Waals surface area contributed by atoms with Crippen LogP contribution in [0.25, 0.3) is 22.2 Å². The summed E-state index contributed by atoms with van der Waals surface area (Å²) in [5, 5.41) is 4.17. The fraction of sp³-hybridized carbons (Fsp3) is 0.280. The minimum atomic E-state index is -0.660. The van der Waals surface area contributed by atoms with Crippen LogP contribution in [0.1, 0.15) is 20.1 Å². The molecule has 8 heteroatoms. The molecule has 3 atom stereocenters. The molecular weight excluding hydrogens is 423 g/mol. The van der Waals surface area contributed by atoms with Gasteiger partial charge < -0.3 is 24.1 Å². The quantitative estimate of drug-likeness (QED) is 0.474. The predicted molar refractivity (Wildman–Crippen MR) is 121 cm³/mol. The van der Waals surface area contributed by atoms with Gasteiger partial charge in [-0.2, -0.15) is 0 Å². The molecule has 4 heterocycles. The molecule has 0 aliphatic carbocycles. The Balaban J connectivity index is 1.50. The van der Waals surface area contributed by atoms with Gasteiger partial charge in [-0.25, -0.2) is 14.4 Å². The molecule has 2 aromatic heterocycles. The lowest BCUT2D eigenvalue weighted by Crippen LogP contribution is -2.27. The first-order chi connectivity index (χ1) is 16.0. The van der Waals surface area contributed by atoms with Crippen LogP contribution in [0.3, 0.4) is 0 Å². The van der Waals surface area contributed by atoms with Gasteiger partial charge in [0.1, 0.15) is 35.8 Å². The summed E-state index contributed by atoms with van der Waals surface area (Å²) in [6.07, 6.45) is 2.78. The van der Waals surface area contributed by atoms with E-state index in [1.807, 2.05) is 54.9 Å². The summed E-state index contributed by atoms with van der Waals surface area (Å²) in [4.78, 5) is 9.13. The third-order valence-electron chi connectivity index (χ3n) is 6.01. The van der Waals surface area contributed by atoms with E-state index in [0.29, 0.717) is 18.1 Å². The molecule has 0 amide bonds. The van der Waals surface area contributed by atoms with Crippen molar-refractivity contribution < 1.29 is 18.6 Å². The number of nitrogens with one attached hydrogen (secondary N) is 1. The number of fused-ring (bicyclic) bond motifs is 2. The van der Waals surface area contributed by atoms with Crippen molar-refractivity contribution in [1.82, 2.24) is 14.5 Å². The van der Waals surface area contributed by atoms with E-state index in [9.17, 15) is 4.39 Å². The summed E-state index contributed by atoms with van der Waals surface area (Å²) < 4.78 is 33.7. The van der Waals surface area contributed by atoms with Crippen molar-refractivity contribution in [3.63, 3.8) is 0 Å². The molecule has 4 aromatic rings. The minimum absolute atomic E-state index is 0.138. The molecule has 0 saturated carbocycles. The first-order valence-corrected chi connectivity index (χ1v) is 10.9. The highest BCUT2D eigenvalue weighted by Gasteiger charge is 2.51. The van der Waals surface area contributed by atoms with Crippen molar-refractivity contribution in [2.45, 2.75) is 38.1 Å². The molecule has 0 spiro atoms. The molecule has 2 aromatic carbocycles. The molecule has 2 aliphatic heterocycles. The minimum Gasteiger partial charge on any atom is -0.352 e. The Labute approximate surface area is 190 Å².